The molecule has 0 spiro atoms. The van der Waals surface area contributed by atoms with E-state index in [0.29, 0.717) is 5.69 Å². The molecule has 0 aromatic heterocycles. The van der Waals surface area contributed by atoms with Gasteiger partial charge in [0.2, 0.25) is 10.9 Å². The largest absolute Gasteiger partial charge is 0.508 e. The summed E-state index contributed by atoms with van der Waals surface area (Å²) in [5.41, 5.74) is 5.64. The van der Waals surface area contributed by atoms with Gasteiger partial charge in [-0.15, -0.1) is 17.7 Å². The molecular weight excluding hydrogens is 242 g/mol. The van der Waals surface area contributed by atoms with Gasteiger partial charge in [0.15, 0.2) is 0 Å². The summed E-state index contributed by atoms with van der Waals surface area (Å²) in [5.74, 6) is -0.120. The van der Waals surface area contributed by atoms with Gasteiger partial charge in [0.05, 0.1) is 6.42 Å². The zero-order valence-electron chi connectivity index (χ0n) is 8.71. The molecule has 90 valence electrons. The van der Waals surface area contributed by atoms with Crippen molar-refractivity contribution in [1.29, 1.82) is 0 Å². The summed E-state index contributed by atoms with van der Waals surface area (Å²) in [6, 6.07) is 6.17. The SMILES string of the molecule is O=C(CC1(S)N=NNN1)Nc1ccc(O)cc1. The lowest BCUT2D eigenvalue weighted by atomic mass is 10.2. The lowest BCUT2D eigenvalue weighted by Crippen LogP contribution is -2.42. The molecule has 0 fully saturated rings. The van der Waals surface area contributed by atoms with Crippen LogP contribution in [0.3, 0.4) is 0 Å². The Labute approximate surface area is 103 Å². The highest BCUT2D eigenvalue weighted by atomic mass is 32.1. The van der Waals surface area contributed by atoms with Crippen LogP contribution in [0.25, 0.3) is 0 Å². The highest BCUT2D eigenvalue weighted by Crippen LogP contribution is 2.21. The number of hydrazine groups is 1. The second kappa shape index (κ2) is 4.60. The molecule has 4 N–H and O–H groups in total. The number of carbonyl (C=O) groups excluding carboxylic acids is 1. The van der Waals surface area contributed by atoms with Gasteiger partial charge < -0.3 is 10.4 Å². The third-order valence-electron chi connectivity index (χ3n) is 2.08. The molecule has 1 aliphatic heterocycles. The van der Waals surface area contributed by atoms with Crippen LogP contribution in [0.5, 0.6) is 5.75 Å². The first-order valence-corrected chi connectivity index (χ1v) is 5.27. The van der Waals surface area contributed by atoms with Crippen LogP contribution in [-0.2, 0) is 4.79 Å². The van der Waals surface area contributed by atoms with E-state index in [-0.39, 0.29) is 18.1 Å². The van der Waals surface area contributed by atoms with Crippen molar-refractivity contribution in [3.05, 3.63) is 24.3 Å². The van der Waals surface area contributed by atoms with Crippen molar-refractivity contribution in [2.45, 2.75) is 11.4 Å². The van der Waals surface area contributed by atoms with Crippen LogP contribution in [0, 0.1) is 0 Å². The maximum absolute atomic E-state index is 11.7. The number of benzene rings is 1. The van der Waals surface area contributed by atoms with Crippen molar-refractivity contribution >= 4 is 24.2 Å². The van der Waals surface area contributed by atoms with E-state index in [1.54, 1.807) is 12.1 Å². The van der Waals surface area contributed by atoms with E-state index in [4.69, 9.17) is 5.11 Å². The Kier molecular flexibility index (Phi) is 3.16. The van der Waals surface area contributed by atoms with Gasteiger partial charge in [-0.1, -0.05) is 5.22 Å². The molecule has 8 heteroatoms. The summed E-state index contributed by atoms with van der Waals surface area (Å²) in [4.78, 5) is 10.6. The van der Waals surface area contributed by atoms with Crippen molar-refractivity contribution in [3.63, 3.8) is 0 Å². The summed E-state index contributed by atoms with van der Waals surface area (Å²) in [7, 11) is 0. The molecule has 0 saturated heterocycles. The normalized spacial score (nSPS) is 22.2. The van der Waals surface area contributed by atoms with E-state index >= 15 is 0 Å². The van der Waals surface area contributed by atoms with Crippen molar-refractivity contribution in [1.82, 2.24) is 11.0 Å². The number of nitrogens with zero attached hydrogens (tertiary/aromatic N) is 2. The minimum Gasteiger partial charge on any atom is -0.508 e. The Morgan fingerprint density at radius 3 is 2.76 bits per heavy atom. The summed E-state index contributed by atoms with van der Waals surface area (Å²) in [6.45, 7) is 0. The Bertz CT molecular complexity index is 449. The fourth-order valence-electron chi connectivity index (χ4n) is 1.30. The number of thiol groups is 1. The van der Waals surface area contributed by atoms with Crippen molar-refractivity contribution in [2.24, 2.45) is 10.3 Å². The van der Waals surface area contributed by atoms with Crippen LogP contribution >= 0.6 is 12.6 Å². The van der Waals surface area contributed by atoms with Gasteiger partial charge in [0, 0.05) is 5.69 Å². The van der Waals surface area contributed by atoms with Gasteiger partial charge in [0.25, 0.3) is 0 Å². The quantitative estimate of drug-likeness (QED) is 0.406. The average molecular weight is 253 g/mol. The number of amides is 1. The Hall–Kier alpha value is -1.80. The molecule has 0 aliphatic carbocycles. The molecule has 1 atom stereocenters. The minimum atomic E-state index is -1.03. The number of nitrogens with one attached hydrogen (secondary N) is 3. The number of hydrogen-bond acceptors (Lipinski definition) is 7. The Morgan fingerprint density at radius 2 is 2.18 bits per heavy atom. The number of aromatic hydroxyl groups is 1. The van der Waals surface area contributed by atoms with Crippen LogP contribution in [0.15, 0.2) is 34.6 Å². The smallest absolute Gasteiger partial charge is 0.229 e. The summed E-state index contributed by atoms with van der Waals surface area (Å²) in [5, 5.41) is 19.0. The molecule has 1 aromatic rings. The van der Waals surface area contributed by atoms with E-state index in [2.05, 4.69) is 39.2 Å². The van der Waals surface area contributed by atoms with Crippen LogP contribution in [0.2, 0.25) is 0 Å². The minimum absolute atomic E-state index is 0.0213. The number of hydrogen-bond donors (Lipinski definition) is 5. The predicted molar refractivity (Wildman–Crippen MR) is 64.2 cm³/mol. The average Bonchev–Trinajstić information content (AvgIpc) is 2.68. The molecule has 1 aromatic carbocycles. The second-order valence-electron chi connectivity index (χ2n) is 3.53. The molecule has 1 aliphatic rings. The van der Waals surface area contributed by atoms with Crippen molar-refractivity contribution in [3.8, 4) is 5.75 Å². The third kappa shape index (κ3) is 3.08. The van der Waals surface area contributed by atoms with Gasteiger partial charge in [-0.05, 0) is 24.3 Å². The molecule has 1 heterocycles. The second-order valence-corrected chi connectivity index (χ2v) is 4.27. The maximum Gasteiger partial charge on any atom is 0.229 e. The van der Waals surface area contributed by atoms with Crippen molar-refractivity contribution in [2.75, 3.05) is 5.32 Å². The zero-order valence-corrected chi connectivity index (χ0v) is 9.61. The molecule has 2 rings (SSSR count). The maximum atomic E-state index is 11.7. The van der Waals surface area contributed by atoms with E-state index in [0.717, 1.165) is 0 Å². The van der Waals surface area contributed by atoms with Gasteiger partial charge in [-0.2, -0.15) is 5.43 Å². The van der Waals surface area contributed by atoms with Crippen molar-refractivity contribution < 1.29 is 9.90 Å². The summed E-state index contributed by atoms with van der Waals surface area (Å²) >= 11 is 4.17. The molecular formula is C9H11N5O2S. The third-order valence-corrected chi connectivity index (χ3v) is 2.44. The topological polar surface area (TPSA) is 98.1 Å². The number of phenolic OH excluding ortho intramolecular Hbond substituents is 1. The first-order chi connectivity index (χ1) is 8.07. The summed E-state index contributed by atoms with van der Waals surface area (Å²) < 4.78 is 0. The fraction of sp³-hybridized carbons (Fsp3) is 0.222. The highest BCUT2D eigenvalue weighted by Gasteiger charge is 2.31. The highest BCUT2D eigenvalue weighted by molar-refractivity contribution is 7.81. The first kappa shape index (κ1) is 11.7. The number of rotatable bonds is 3. The van der Waals surface area contributed by atoms with Crippen LogP contribution in [-0.4, -0.2) is 16.0 Å². The number of anilines is 1. The molecule has 0 saturated carbocycles. The van der Waals surface area contributed by atoms with Gasteiger partial charge in [0.1, 0.15) is 5.75 Å². The summed E-state index contributed by atoms with van der Waals surface area (Å²) in [6.07, 6.45) is 0.0213. The molecule has 17 heavy (non-hydrogen) atoms. The first-order valence-electron chi connectivity index (χ1n) is 4.83. The fourth-order valence-corrected chi connectivity index (χ4v) is 1.54. The molecule has 1 unspecified atom stereocenters. The zero-order chi connectivity index (χ0) is 12.3. The van der Waals surface area contributed by atoms with Gasteiger partial charge in [-0.25, -0.2) is 5.53 Å². The Balaban J connectivity index is 1.93. The van der Waals surface area contributed by atoms with E-state index in [1.807, 2.05) is 0 Å². The van der Waals surface area contributed by atoms with Crippen LogP contribution in [0.1, 0.15) is 6.42 Å². The molecule has 0 radical (unpaired) electrons. The Morgan fingerprint density at radius 1 is 1.47 bits per heavy atom. The predicted octanol–water partition coefficient (Wildman–Crippen LogP) is 0.779. The number of carbonyl (C=O) groups is 1. The standard InChI is InChI=1S/C9H11N5O2S/c15-7-3-1-6(2-4-7)10-8(16)5-9(17)11-13-14-12-9/h1-4,15,17H,5H2,(H,10,16)(H,11,14)(H,12,13). The van der Waals surface area contributed by atoms with Gasteiger partial charge in [-0.3, -0.25) is 4.79 Å². The van der Waals surface area contributed by atoms with Crippen LogP contribution in [0.4, 0.5) is 5.69 Å². The molecule has 0 bridgehead atoms. The number of phenols is 1. The molecule has 1 amide bonds. The van der Waals surface area contributed by atoms with Gasteiger partial charge >= 0.3 is 0 Å². The lowest BCUT2D eigenvalue weighted by molar-refractivity contribution is -0.116. The lowest BCUT2D eigenvalue weighted by Gasteiger charge is -2.16. The van der Waals surface area contributed by atoms with E-state index in [1.165, 1.54) is 12.1 Å². The van der Waals surface area contributed by atoms with Crippen LogP contribution < -0.4 is 16.3 Å². The van der Waals surface area contributed by atoms with E-state index < -0.39 is 4.99 Å². The monoisotopic (exact) mass is 253 g/mol. The molecule has 7 nitrogen and oxygen atoms in total. The van der Waals surface area contributed by atoms with E-state index in [9.17, 15) is 4.79 Å².